The van der Waals surface area contributed by atoms with Crippen LogP contribution >= 0.6 is 22.9 Å². The van der Waals surface area contributed by atoms with Crippen LogP contribution in [0.25, 0.3) is 21.5 Å². The average Bonchev–Trinajstić information content (AvgIpc) is 3.55. The zero-order chi connectivity index (χ0) is 22.8. The Morgan fingerprint density at radius 2 is 2.03 bits per heavy atom. The van der Waals surface area contributed by atoms with Crippen LogP contribution in [0.15, 0.2) is 53.1 Å². The van der Waals surface area contributed by atoms with E-state index in [0.29, 0.717) is 22.3 Å². The quantitative estimate of drug-likeness (QED) is 0.298. The number of fused-ring (bicyclic) bond motifs is 1. The summed E-state index contributed by atoms with van der Waals surface area (Å²) in [5.74, 6) is 0.384. The fraction of sp³-hybridized carbons (Fsp3) is 0.360. The fourth-order valence-electron chi connectivity index (χ4n) is 4.44. The fourth-order valence-corrected chi connectivity index (χ4v) is 5.43. The molecule has 0 N–H and O–H groups in total. The minimum atomic E-state index is -0.283. The van der Waals surface area contributed by atoms with E-state index >= 15 is 0 Å². The number of carbonyl (C=O) groups excluding carboxylic acids is 1. The zero-order valence-corrected chi connectivity index (χ0v) is 20.1. The topological polar surface area (TPSA) is 60.5 Å². The van der Waals surface area contributed by atoms with Crippen LogP contribution in [-0.2, 0) is 11.3 Å². The predicted octanol–water partition coefficient (Wildman–Crippen LogP) is 6.09. The summed E-state index contributed by atoms with van der Waals surface area (Å²) in [4.78, 5) is 16.6. The Balaban J connectivity index is 1.37. The molecule has 6 nitrogen and oxygen atoms in total. The van der Waals surface area contributed by atoms with E-state index in [1.54, 1.807) is 0 Å². The molecule has 0 aliphatic carbocycles. The summed E-state index contributed by atoms with van der Waals surface area (Å²) >= 11 is 7.50. The molecule has 4 heterocycles. The summed E-state index contributed by atoms with van der Waals surface area (Å²) in [5.41, 5.74) is 2.24. The van der Waals surface area contributed by atoms with Crippen molar-refractivity contribution in [1.82, 2.24) is 14.6 Å². The number of piperidine rings is 1. The zero-order valence-electron chi connectivity index (χ0n) is 18.5. The Kier molecular flexibility index (Phi) is 6.53. The number of thiophene rings is 1. The molecule has 172 valence electrons. The van der Waals surface area contributed by atoms with Gasteiger partial charge in [0.1, 0.15) is 17.5 Å². The lowest BCUT2D eigenvalue weighted by atomic mass is 10.1. The number of carbonyl (C=O) groups is 1. The lowest BCUT2D eigenvalue weighted by molar-refractivity contribution is 0.0104. The third-order valence-corrected chi connectivity index (χ3v) is 7.31. The van der Waals surface area contributed by atoms with Gasteiger partial charge in [0, 0.05) is 30.1 Å². The molecule has 5 rings (SSSR count). The summed E-state index contributed by atoms with van der Waals surface area (Å²) in [6.45, 7) is 5.66. The smallest absolute Gasteiger partial charge is 0.355 e. The van der Waals surface area contributed by atoms with E-state index < -0.39 is 0 Å². The second-order valence-electron chi connectivity index (χ2n) is 8.41. The maximum atomic E-state index is 13.2. The molecule has 0 spiro atoms. The number of aromatic nitrogens is 2. The Morgan fingerprint density at radius 3 is 2.79 bits per heavy atom. The SMILES string of the molecule is CCCN1CCC(OC(=O)c2cc3ccccc3n2Cc2cc(-c3ccc(Cl)s3)on2)CC1. The van der Waals surface area contributed by atoms with Crippen molar-refractivity contribution in [1.29, 1.82) is 0 Å². The molecule has 0 unspecified atom stereocenters. The second-order valence-corrected chi connectivity index (χ2v) is 10.1. The Bertz CT molecular complexity index is 1250. The first-order chi connectivity index (χ1) is 16.1. The summed E-state index contributed by atoms with van der Waals surface area (Å²) in [5, 5.41) is 5.23. The molecular formula is C25H26ClN3O3S. The van der Waals surface area contributed by atoms with Crippen LogP contribution in [0.5, 0.6) is 0 Å². The highest BCUT2D eigenvalue weighted by atomic mass is 35.5. The first-order valence-corrected chi connectivity index (χ1v) is 12.5. The minimum Gasteiger partial charge on any atom is -0.458 e. The Hall–Kier alpha value is -2.61. The van der Waals surface area contributed by atoms with E-state index in [9.17, 15) is 4.79 Å². The third-order valence-electron chi connectivity index (χ3n) is 6.06. The first kappa shape index (κ1) is 22.2. The lowest BCUT2D eigenvalue weighted by Gasteiger charge is -2.31. The van der Waals surface area contributed by atoms with E-state index in [-0.39, 0.29) is 12.1 Å². The molecule has 1 aromatic carbocycles. The highest BCUT2D eigenvalue weighted by Crippen LogP contribution is 2.32. The molecule has 0 atom stereocenters. The molecule has 4 aromatic rings. The maximum absolute atomic E-state index is 13.2. The lowest BCUT2D eigenvalue weighted by Crippen LogP contribution is -2.38. The molecular weight excluding hydrogens is 458 g/mol. The molecule has 1 fully saturated rings. The van der Waals surface area contributed by atoms with Crippen molar-refractivity contribution >= 4 is 39.8 Å². The van der Waals surface area contributed by atoms with Crippen molar-refractivity contribution in [2.75, 3.05) is 19.6 Å². The third kappa shape index (κ3) is 4.86. The number of hydrogen-bond donors (Lipinski definition) is 0. The largest absolute Gasteiger partial charge is 0.458 e. The van der Waals surface area contributed by atoms with Gasteiger partial charge in [0.2, 0.25) is 0 Å². The van der Waals surface area contributed by atoms with E-state index in [1.807, 2.05) is 53.1 Å². The summed E-state index contributed by atoms with van der Waals surface area (Å²) < 4.78 is 14.2. The van der Waals surface area contributed by atoms with Crippen LogP contribution in [0.4, 0.5) is 0 Å². The van der Waals surface area contributed by atoms with E-state index in [4.69, 9.17) is 20.9 Å². The van der Waals surface area contributed by atoms with Crippen molar-refractivity contribution in [3.8, 4) is 10.6 Å². The van der Waals surface area contributed by atoms with Crippen LogP contribution in [-0.4, -0.2) is 46.3 Å². The van der Waals surface area contributed by atoms with Crippen LogP contribution in [0.2, 0.25) is 4.34 Å². The second kappa shape index (κ2) is 9.71. The van der Waals surface area contributed by atoms with E-state index in [0.717, 1.165) is 60.4 Å². The number of hydrogen-bond acceptors (Lipinski definition) is 6. The van der Waals surface area contributed by atoms with Gasteiger partial charge in [0.25, 0.3) is 0 Å². The first-order valence-electron chi connectivity index (χ1n) is 11.3. The molecule has 3 aromatic heterocycles. The van der Waals surface area contributed by atoms with Crippen molar-refractivity contribution in [3.63, 3.8) is 0 Å². The van der Waals surface area contributed by atoms with E-state index in [1.165, 1.54) is 11.3 Å². The van der Waals surface area contributed by atoms with Crippen LogP contribution in [0, 0.1) is 0 Å². The Labute approximate surface area is 201 Å². The van der Waals surface area contributed by atoms with Gasteiger partial charge in [0.05, 0.1) is 15.8 Å². The molecule has 1 aliphatic heterocycles. The highest BCUT2D eigenvalue weighted by molar-refractivity contribution is 7.19. The number of nitrogens with zero attached hydrogens (tertiary/aromatic N) is 3. The number of likely N-dealkylation sites (tertiary alicyclic amines) is 1. The van der Waals surface area contributed by atoms with Gasteiger partial charge >= 0.3 is 5.97 Å². The van der Waals surface area contributed by atoms with Gasteiger partial charge in [0.15, 0.2) is 5.76 Å². The Morgan fingerprint density at radius 1 is 1.21 bits per heavy atom. The van der Waals surface area contributed by atoms with Gasteiger partial charge in [-0.25, -0.2) is 4.79 Å². The number of halogens is 1. The molecule has 0 saturated carbocycles. The van der Waals surface area contributed by atoms with Crippen molar-refractivity contribution in [2.45, 2.75) is 38.8 Å². The average molecular weight is 484 g/mol. The summed E-state index contributed by atoms with van der Waals surface area (Å²) in [7, 11) is 0. The van der Waals surface area contributed by atoms with Crippen molar-refractivity contribution < 1.29 is 14.1 Å². The number of ether oxygens (including phenoxy) is 1. The van der Waals surface area contributed by atoms with Crippen LogP contribution < -0.4 is 0 Å². The van der Waals surface area contributed by atoms with Crippen LogP contribution in [0.1, 0.15) is 42.4 Å². The molecule has 0 amide bonds. The normalized spacial score (nSPS) is 15.3. The van der Waals surface area contributed by atoms with Gasteiger partial charge in [-0.15, -0.1) is 11.3 Å². The van der Waals surface area contributed by atoms with Gasteiger partial charge < -0.3 is 18.7 Å². The van der Waals surface area contributed by atoms with Crippen LogP contribution in [0.3, 0.4) is 0 Å². The molecule has 0 radical (unpaired) electrons. The van der Waals surface area contributed by atoms with Crippen molar-refractivity contribution in [3.05, 3.63) is 64.3 Å². The summed E-state index contributed by atoms with van der Waals surface area (Å²) in [6, 6.07) is 15.5. The molecule has 1 aliphatic rings. The standard InChI is InChI=1S/C25H26ClN3O3S/c1-2-11-28-12-9-19(10-13-28)31-25(30)21-14-17-5-3-4-6-20(17)29(21)16-18-15-22(32-27-18)23-7-8-24(26)33-23/h3-8,14-15,19H,2,9-13,16H2,1H3. The van der Waals surface area contributed by atoms with Gasteiger partial charge in [-0.1, -0.05) is 41.9 Å². The van der Waals surface area contributed by atoms with Crippen molar-refractivity contribution in [2.24, 2.45) is 0 Å². The molecule has 33 heavy (non-hydrogen) atoms. The monoisotopic (exact) mass is 483 g/mol. The van der Waals surface area contributed by atoms with E-state index in [2.05, 4.69) is 17.0 Å². The molecule has 8 heteroatoms. The molecule has 0 bridgehead atoms. The molecule has 1 saturated heterocycles. The number of benzene rings is 1. The minimum absolute atomic E-state index is 0.0423. The maximum Gasteiger partial charge on any atom is 0.355 e. The van der Waals surface area contributed by atoms with Gasteiger partial charge in [-0.05, 0) is 50.1 Å². The van der Waals surface area contributed by atoms with Gasteiger partial charge in [-0.2, -0.15) is 0 Å². The number of rotatable bonds is 7. The number of esters is 1. The number of para-hydroxylation sites is 1. The predicted molar refractivity (Wildman–Crippen MR) is 131 cm³/mol. The summed E-state index contributed by atoms with van der Waals surface area (Å²) in [6.07, 6.45) is 2.86. The highest BCUT2D eigenvalue weighted by Gasteiger charge is 2.25. The van der Waals surface area contributed by atoms with Gasteiger partial charge in [-0.3, -0.25) is 0 Å².